The molecule has 92 valence electrons. The van der Waals surface area contributed by atoms with Gasteiger partial charge < -0.3 is 20.7 Å². The zero-order chi connectivity index (χ0) is 12.6. The average molecular weight is 237 g/mol. The number of carbonyl (C=O) groups excluding carboxylic acids is 1. The fourth-order valence-electron chi connectivity index (χ4n) is 2.29. The molecule has 2 rings (SSSR count). The highest BCUT2D eigenvalue weighted by atomic mass is 16.4. The summed E-state index contributed by atoms with van der Waals surface area (Å²) in [6.45, 7) is 2.15. The van der Waals surface area contributed by atoms with Gasteiger partial charge in [0.2, 0.25) is 0 Å². The first kappa shape index (κ1) is 11.5. The molecule has 1 aromatic rings. The maximum absolute atomic E-state index is 11.6. The van der Waals surface area contributed by atoms with E-state index in [-0.39, 0.29) is 11.9 Å². The molecule has 0 fully saturated rings. The lowest BCUT2D eigenvalue weighted by molar-refractivity contribution is -0.143. The van der Waals surface area contributed by atoms with Gasteiger partial charge in [-0.3, -0.25) is 9.59 Å². The van der Waals surface area contributed by atoms with E-state index in [4.69, 9.17) is 10.8 Å². The number of nitrogen functional groups attached to an aromatic ring is 1. The number of aromatic nitrogens is 1. The summed E-state index contributed by atoms with van der Waals surface area (Å²) in [5.74, 6) is -1.59. The third kappa shape index (κ3) is 1.86. The van der Waals surface area contributed by atoms with Crippen LogP contribution in [0.1, 0.15) is 29.9 Å². The standard InChI is InChI=1S/C11H15N3O3/c1-2-7(11(16)17)9-4-13-10(15)8-3-6(12)5-14(8)9/h3,5,7,9H,2,4,12H2,1H3,(H,13,15)(H,16,17). The van der Waals surface area contributed by atoms with Crippen LogP contribution >= 0.6 is 0 Å². The Morgan fingerprint density at radius 1 is 1.76 bits per heavy atom. The summed E-state index contributed by atoms with van der Waals surface area (Å²) in [6, 6.07) is 1.29. The minimum Gasteiger partial charge on any atom is -0.481 e. The van der Waals surface area contributed by atoms with E-state index in [1.807, 2.05) is 6.92 Å². The summed E-state index contributed by atoms with van der Waals surface area (Å²) in [7, 11) is 0. The lowest BCUT2D eigenvalue weighted by Crippen LogP contribution is -2.43. The first-order chi connectivity index (χ1) is 8.04. The monoisotopic (exact) mass is 237 g/mol. The van der Waals surface area contributed by atoms with Crippen LogP contribution in [0.4, 0.5) is 5.69 Å². The maximum atomic E-state index is 11.6. The second kappa shape index (κ2) is 4.12. The molecule has 0 spiro atoms. The van der Waals surface area contributed by atoms with Crippen molar-refractivity contribution in [3.8, 4) is 0 Å². The summed E-state index contributed by atoms with van der Waals surface area (Å²) in [4.78, 5) is 22.8. The predicted octanol–water partition coefficient (Wildman–Crippen LogP) is 0.466. The number of hydrogen-bond donors (Lipinski definition) is 3. The van der Waals surface area contributed by atoms with Crippen LogP contribution in [-0.2, 0) is 4.79 Å². The van der Waals surface area contributed by atoms with Crippen LogP contribution in [0.5, 0.6) is 0 Å². The van der Waals surface area contributed by atoms with Crippen molar-refractivity contribution in [1.82, 2.24) is 9.88 Å². The van der Waals surface area contributed by atoms with E-state index in [0.29, 0.717) is 24.3 Å². The number of anilines is 1. The van der Waals surface area contributed by atoms with Gasteiger partial charge >= 0.3 is 5.97 Å². The number of fused-ring (bicyclic) bond motifs is 1. The number of carboxylic acid groups (broad SMARTS) is 1. The van der Waals surface area contributed by atoms with E-state index < -0.39 is 11.9 Å². The van der Waals surface area contributed by atoms with Crippen LogP contribution < -0.4 is 11.1 Å². The molecule has 17 heavy (non-hydrogen) atoms. The number of carbonyl (C=O) groups is 2. The highest BCUT2D eigenvalue weighted by molar-refractivity contribution is 5.94. The zero-order valence-electron chi connectivity index (χ0n) is 9.51. The molecule has 0 saturated heterocycles. The fraction of sp³-hybridized carbons (Fsp3) is 0.455. The SMILES string of the molecule is CCC(C(=O)O)C1CNC(=O)c2cc(N)cn21. The Morgan fingerprint density at radius 3 is 3.06 bits per heavy atom. The second-order valence-corrected chi connectivity index (χ2v) is 4.20. The summed E-state index contributed by atoms with van der Waals surface area (Å²) < 4.78 is 1.68. The quantitative estimate of drug-likeness (QED) is 0.711. The molecule has 1 aromatic heterocycles. The third-order valence-corrected chi connectivity index (χ3v) is 3.15. The number of hydrogen-bond acceptors (Lipinski definition) is 3. The van der Waals surface area contributed by atoms with Crippen molar-refractivity contribution in [2.75, 3.05) is 12.3 Å². The lowest BCUT2D eigenvalue weighted by Gasteiger charge is -2.30. The van der Waals surface area contributed by atoms with Gasteiger partial charge in [0.15, 0.2) is 0 Å². The van der Waals surface area contributed by atoms with E-state index in [1.165, 1.54) is 0 Å². The summed E-state index contributed by atoms with van der Waals surface area (Å²) >= 11 is 0. The van der Waals surface area contributed by atoms with Crippen molar-refractivity contribution in [1.29, 1.82) is 0 Å². The largest absolute Gasteiger partial charge is 0.481 e. The van der Waals surface area contributed by atoms with Gasteiger partial charge in [0.25, 0.3) is 5.91 Å². The van der Waals surface area contributed by atoms with Gasteiger partial charge in [-0.2, -0.15) is 0 Å². The topological polar surface area (TPSA) is 97.3 Å². The minimum absolute atomic E-state index is 0.210. The Balaban J connectivity index is 2.41. The van der Waals surface area contributed by atoms with E-state index >= 15 is 0 Å². The molecule has 1 aliphatic rings. The minimum atomic E-state index is -0.855. The molecule has 1 aliphatic heterocycles. The van der Waals surface area contributed by atoms with Crippen LogP contribution in [0.25, 0.3) is 0 Å². The number of aliphatic carboxylic acids is 1. The number of rotatable bonds is 3. The van der Waals surface area contributed by atoms with Crippen LogP contribution in [0.3, 0.4) is 0 Å². The van der Waals surface area contributed by atoms with Gasteiger partial charge in [-0.1, -0.05) is 6.92 Å². The van der Waals surface area contributed by atoms with Crippen molar-refractivity contribution in [2.45, 2.75) is 19.4 Å². The zero-order valence-corrected chi connectivity index (χ0v) is 9.51. The Hall–Kier alpha value is -1.98. The molecule has 0 aliphatic carbocycles. The van der Waals surface area contributed by atoms with Gasteiger partial charge in [0, 0.05) is 12.7 Å². The molecule has 0 saturated carbocycles. The van der Waals surface area contributed by atoms with Gasteiger partial charge in [-0.15, -0.1) is 0 Å². The van der Waals surface area contributed by atoms with Crippen molar-refractivity contribution in [2.24, 2.45) is 5.92 Å². The van der Waals surface area contributed by atoms with E-state index in [0.717, 1.165) is 0 Å². The molecule has 2 heterocycles. The molecule has 6 heteroatoms. The molecular formula is C11H15N3O3. The van der Waals surface area contributed by atoms with Gasteiger partial charge in [-0.05, 0) is 12.5 Å². The van der Waals surface area contributed by atoms with Crippen molar-refractivity contribution in [3.05, 3.63) is 18.0 Å². The number of carboxylic acids is 1. The van der Waals surface area contributed by atoms with Crippen LogP contribution in [0.15, 0.2) is 12.3 Å². The normalized spacial score (nSPS) is 20.5. The van der Waals surface area contributed by atoms with Crippen molar-refractivity contribution >= 4 is 17.6 Å². The summed E-state index contributed by atoms with van der Waals surface area (Å²) in [6.07, 6.45) is 2.14. The number of nitrogens with two attached hydrogens (primary N) is 1. The highest BCUT2D eigenvalue weighted by Crippen LogP contribution is 2.28. The fourth-order valence-corrected chi connectivity index (χ4v) is 2.29. The van der Waals surface area contributed by atoms with E-state index in [1.54, 1.807) is 16.8 Å². The Labute approximate surface area is 98.4 Å². The summed E-state index contributed by atoms with van der Waals surface area (Å²) in [5.41, 5.74) is 6.56. The second-order valence-electron chi connectivity index (χ2n) is 4.20. The highest BCUT2D eigenvalue weighted by Gasteiger charge is 2.33. The first-order valence-corrected chi connectivity index (χ1v) is 5.53. The maximum Gasteiger partial charge on any atom is 0.308 e. The molecular weight excluding hydrogens is 222 g/mol. The smallest absolute Gasteiger partial charge is 0.308 e. The molecule has 2 atom stereocenters. The molecule has 0 bridgehead atoms. The third-order valence-electron chi connectivity index (χ3n) is 3.15. The Bertz CT molecular complexity index is 467. The first-order valence-electron chi connectivity index (χ1n) is 5.53. The number of amides is 1. The van der Waals surface area contributed by atoms with Crippen molar-refractivity contribution in [3.63, 3.8) is 0 Å². The molecule has 0 aromatic carbocycles. The van der Waals surface area contributed by atoms with E-state index in [9.17, 15) is 9.59 Å². The molecule has 6 nitrogen and oxygen atoms in total. The Morgan fingerprint density at radius 2 is 2.47 bits per heavy atom. The van der Waals surface area contributed by atoms with Crippen LogP contribution in [0.2, 0.25) is 0 Å². The van der Waals surface area contributed by atoms with E-state index in [2.05, 4.69) is 5.32 Å². The van der Waals surface area contributed by atoms with Gasteiger partial charge in [0.05, 0.1) is 17.6 Å². The Kier molecular flexibility index (Phi) is 2.79. The molecule has 4 N–H and O–H groups in total. The lowest BCUT2D eigenvalue weighted by atomic mass is 9.95. The number of nitrogens with zero attached hydrogens (tertiary/aromatic N) is 1. The predicted molar refractivity (Wildman–Crippen MR) is 61.6 cm³/mol. The summed E-state index contributed by atoms with van der Waals surface area (Å²) in [5, 5.41) is 11.9. The number of nitrogens with one attached hydrogen (secondary N) is 1. The van der Waals surface area contributed by atoms with Gasteiger partial charge in [-0.25, -0.2) is 0 Å². The van der Waals surface area contributed by atoms with Crippen molar-refractivity contribution < 1.29 is 14.7 Å². The average Bonchev–Trinajstić information content (AvgIpc) is 2.65. The molecule has 1 amide bonds. The molecule has 2 unspecified atom stereocenters. The van der Waals surface area contributed by atoms with Gasteiger partial charge in [0.1, 0.15) is 5.69 Å². The van der Waals surface area contributed by atoms with Crippen LogP contribution in [-0.4, -0.2) is 28.1 Å². The molecule has 0 radical (unpaired) electrons. The van der Waals surface area contributed by atoms with Crippen LogP contribution in [0, 0.1) is 5.92 Å².